The molecule has 2 aromatic rings. The quantitative estimate of drug-likeness (QED) is 0.0459. The van der Waals surface area contributed by atoms with Gasteiger partial charge in [0.05, 0.1) is 37.1 Å². The molecule has 0 bridgehead atoms. The minimum absolute atomic E-state index is 0.0883. The number of hydrogen-bond donors (Lipinski definition) is 8. The largest absolute Gasteiger partial charge is 0.378 e. The van der Waals surface area contributed by atoms with E-state index in [9.17, 15) is 43.2 Å². The molecule has 374 valence electrons. The molecule has 0 aromatic heterocycles. The number of primary amides is 2. The van der Waals surface area contributed by atoms with Gasteiger partial charge in [0, 0.05) is 70.2 Å². The molecular formula is C48H67N11O10. The van der Waals surface area contributed by atoms with Crippen molar-refractivity contribution in [1.82, 2.24) is 36.4 Å². The van der Waals surface area contributed by atoms with Gasteiger partial charge in [-0.2, -0.15) is 5.26 Å². The topological polar surface area (TPSA) is 317 Å². The lowest BCUT2D eigenvalue weighted by Gasteiger charge is -2.36. The first-order chi connectivity index (χ1) is 33.1. The van der Waals surface area contributed by atoms with Crippen LogP contribution in [0.1, 0.15) is 88.7 Å². The van der Waals surface area contributed by atoms with Crippen LogP contribution in [0.15, 0.2) is 54.6 Å². The Morgan fingerprint density at radius 2 is 1.55 bits per heavy atom. The smallest absolute Gasteiger partial charge is 0.312 e. The van der Waals surface area contributed by atoms with Crippen molar-refractivity contribution < 1.29 is 47.9 Å². The van der Waals surface area contributed by atoms with Gasteiger partial charge in [0.1, 0.15) is 12.1 Å². The van der Waals surface area contributed by atoms with Crippen LogP contribution in [-0.4, -0.2) is 127 Å². The molecule has 1 saturated carbocycles. The molecule has 10 amide bonds. The van der Waals surface area contributed by atoms with Gasteiger partial charge in [-0.1, -0.05) is 49.4 Å². The van der Waals surface area contributed by atoms with Crippen molar-refractivity contribution >= 4 is 59.5 Å². The van der Waals surface area contributed by atoms with Crippen LogP contribution in [0.4, 0.5) is 10.5 Å². The molecule has 1 heterocycles. The van der Waals surface area contributed by atoms with Crippen LogP contribution in [-0.2, 0) is 56.1 Å². The Bertz CT molecular complexity index is 2110. The third kappa shape index (κ3) is 17.8. The molecule has 1 saturated heterocycles. The fourth-order valence-electron chi connectivity index (χ4n) is 8.77. The number of likely N-dealkylation sites (tertiary alicyclic amines) is 1. The van der Waals surface area contributed by atoms with E-state index in [-0.39, 0.29) is 88.0 Å². The van der Waals surface area contributed by atoms with Crippen molar-refractivity contribution in [2.24, 2.45) is 23.3 Å². The van der Waals surface area contributed by atoms with Crippen molar-refractivity contribution in [1.29, 1.82) is 5.26 Å². The van der Waals surface area contributed by atoms with Crippen LogP contribution in [0.2, 0.25) is 0 Å². The molecule has 5 unspecified atom stereocenters. The molecule has 69 heavy (non-hydrogen) atoms. The molecule has 5 atom stereocenters. The average Bonchev–Trinajstić information content (AvgIpc) is 3.82. The maximum atomic E-state index is 13.7. The number of nitrogens with one attached hydrogen (secondary N) is 6. The number of benzene rings is 2. The molecule has 2 fully saturated rings. The molecular weight excluding hydrogens is 891 g/mol. The van der Waals surface area contributed by atoms with Gasteiger partial charge in [-0.05, 0) is 74.6 Å². The summed E-state index contributed by atoms with van der Waals surface area (Å²) in [5.74, 6) is -4.29. The first-order valence-electron chi connectivity index (χ1n) is 23.4. The normalized spacial score (nSPS) is 18.2. The van der Waals surface area contributed by atoms with E-state index in [0.29, 0.717) is 49.9 Å². The number of ether oxygens (including phenoxy) is 1. The second-order valence-corrected chi connectivity index (χ2v) is 17.4. The van der Waals surface area contributed by atoms with E-state index in [4.69, 9.17) is 21.5 Å². The van der Waals surface area contributed by atoms with E-state index < -0.39 is 66.2 Å². The maximum Gasteiger partial charge on any atom is 0.312 e. The Morgan fingerprint density at radius 3 is 2.19 bits per heavy atom. The van der Waals surface area contributed by atoms with E-state index in [1.54, 1.807) is 41.0 Å². The zero-order chi connectivity index (χ0) is 50.3. The van der Waals surface area contributed by atoms with Crippen molar-refractivity contribution in [3.63, 3.8) is 0 Å². The first kappa shape index (κ1) is 54.5. The van der Waals surface area contributed by atoms with Crippen LogP contribution in [0, 0.1) is 23.2 Å². The van der Waals surface area contributed by atoms with Crippen molar-refractivity contribution in [3.8, 4) is 6.07 Å². The van der Waals surface area contributed by atoms with Crippen LogP contribution in [0.3, 0.4) is 0 Å². The Morgan fingerprint density at radius 1 is 0.841 bits per heavy atom. The summed E-state index contributed by atoms with van der Waals surface area (Å²) < 4.78 is 5.71. The van der Waals surface area contributed by atoms with Crippen molar-refractivity contribution in [2.45, 2.75) is 121 Å². The summed E-state index contributed by atoms with van der Waals surface area (Å²) in [5, 5.41) is 25.2. The Hall–Kier alpha value is -7.08. The third-order valence-electron chi connectivity index (χ3n) is 12.6. The van der Waals surface area contributed by atoms with Gasteiger partial charge in [0.2, 0.25) is 47.8 Å². The van der Waals surface area contributed by atoms with Crippen LogP contribution < -0.4 is 43.4 Å². The second kappa shape index (κ2) is 28.3. The number of rotatable bonds is 27. The predicted molar refractivity (Wildman–Crippen MR) is 253 cm³/mol. The Kier molecular flexibility index (Phi) is 22.4. The first-order valence-corrected chi connectivity index (χ1v) is 23.4. The predicted octanol–water partition coefficient (Wildman–Crippen LogP) is 0.857. The van der Waals surface area contributed by atoms with Gasteiger partial charge >= 0.3 is 6.03 Å². The molecule has 2 aliphatic rings. The number of methoxy groups -OCH3 is 1. The average molecular weight is 958 g/mol. The lowest BCUT2D eigenvalue weighted by molar-refractivity contribution is -0.136. The highest BCUT2D eigenvalue weighted by Crippen LogP contribution is 2.29. The minimum Gasteiger partial charge on any atom is -0.378 e. The monoisotopic (exact) mass is 958 g/mol. The summed E-state index contributed by atoms with van der Waals surface area (Å²) in [4.78, 5) is 117. The summed E-state index contributed by atoms with van der Waals surface area (Å²) in [7, 11) is 1.50. The highest BCUT2D eigenvalue weighted by molar-refractivity contribution is 5.98. The number of carbonyl (C=O) groups excluding carboxylic acids is 9. The molecule has 1 aliphatic carbocycles. The molecule has 2 aromatic carbocycles. The molecule has 0 radical (unpaired) electrons. The van der Waals surface area contributed by atoms with Gasteiger partial charge < -0.3 is 57.9 Å². The maximum absolute atomic E-state index is 13.7. The van der Waals surface area contributed by atoms with E-state index in [2.05, 4.69) is 31.9 Å². The number of nitrogens with two attached hydrogens (primary N) is 2. The fourth-order valence-corrected chi connectivity index (χ4v) is 8.77. The number of nitrogens with zero attached hydrogens (tertiary/aromatic N) is 3. The highest BCUT2D eigenvalue weighted by atomic mass is 16.5. The Labute approximate surface area is 402 Å². The minimum atomic E-state index is -1.09. The van der Waals surface area contributed by atoms with Gasteiger partial charge in [-0.3, -0.25) is 38.4 Å². The van der Waals surface area contributed by atoms with Crippen LogP contribution >= 0.6 is 0 Å². The van der Waals surface area contributed by atoms with E-state index in [0.717, 1.165) is 18.4 Å². The number of amides is 10. The van der Waals surface area contributed by atoms with E-state index in [1.165, 1.54) is 7.11 Å². The van der Waals surface area contributed by atoms with Gasteiger partial charge in [0.25, 0.3) is 0 Å². The summed E-state index contributed by atoms with van der Waals surface area (Å²) in [6, 6.07) is 14.7. The summed E-state index contributed by atoms with van der Waals surface area (Å²) in [6.07, 6.45) is 4.16. The van der Waals surface area contributed by atoms with Crippen LogP contribution in [0.25, 0.3) is 0 Å². The van der Waals surface area contributed by atoms with E-state index in [1.807, 2.05) is 36.4 Å². The third-order valence-corrected chi connectivity index (χ3v) is 12.6. The number of anilines is 1. The molecule has 4 rings (SSSR count). The number of carbonyl (C=O) groups is 9. The van der Waals surface area contributed by atoms with Crippen molar-refractivity contribution in [3.05, 3.63) is 65.7 Å². The lowest BCUT2D eigenvalue weighted by atomic mass is 9.84. The standard InChI is InChI=1S/C48H67N11O10/c1-31(43(69-2)39-12-7-25-58(39)30-60)45(65)57-38(27-32-9-4-3-5-10-32)46(66)54-28-33-13-17-35(18-14-33)55-47(67)37(11-6-24-52-48(51)68)56-41(62)29-53-40(61)21-22-42(63)59(26-8-23-49)36-19-15-34(16-20-36)44(50)64/h3-5,9-10,13-14,17-18,30-31,34,36-39,43H,6-8,11-12,15-16,19-22,24-29H2,1-2H3,(H2,50,64)(H,53,61)(H,54,66)(H,55,67)(H,56,62)(H,57,65)(H3,51,52,68). The van der Waals surface area contributed by atoms with Gasteiger partial charge in [-0.15, -0.1) is 0 Å². The summed E-state index contributed by atoms with van der Waals surface area (Å²) >= 11 is 0. The van der Waals surface area contributed by atoms with Gasteiger partial charge in [0.15, 0.2) is 0 Å². The van der Waals surface area contributed by atoms with Gasteiger partial charge in [-0.25, -0.2) is 4.79 Å². The van der Waals surface area contributed by atoms with Crippen molar-refractivity contribution in [2.75, 3.05) is 38.6 Å². The molecule has 0 spiro atoms. The number of hydrogen-bond acceptors (Lipinski definition) is 11. The zero-order valence-corrected chi connectivity index (χ0v) is 39.4. The summed E-state index contributed by atoms with van der Waals surface area (Å²) in [6.45, 7) is 2.21. The fraction of sp³-hybridized carbons (Fsp3) is 0.542. The lowest BCUT2D eigenvalue weighted by Crippen LogP contribution is -2.53. The molecule has 21 heteroatoms. The number of urea groups is 1. The van der Waals surface area contributed by atoms with Crippen LogP contribution in [0.5, 0.6) is 0 Å². The SMILES string of the molecule is COC(C(C)C(=O)NC(Cc1ccccc1)C(=O)NCc1ccc(NC(=O)C(CCCNC(N)=O)NC(=O)CNC(=O)CCC(=O)N(CCC#N)C2CCC(C(N)=O)CC2)cc1)C1CCCN1C=O. The number of nitriles is 1. The second-order valence-electron chi connectivity index (χ2n) is 17.4. The van der Waals surface area contributed by atoms with E-state index >= 15 is 0 Å². The zero-order valence-electron chi connectivity index (χ0n) is 39.4. The highest BCUT2D eigenvalue weighted by Gasteiger charge is 2.38. The molecule has 10 N–H and O–H groups in total. The Balaban J connectivity index is 1.31. The molecule has 21 nitrogen and oxygen atoms in total. The molecule has 1 aliphatic heterocycles. The summed E-state index contributed by atoms with van der Waals surface area (Å²) in [5.41, 5.74) is 12.5.